The van der Waals surface area contributed by atoms with Crippen molar-refractivity contribution in [3.63, 3.8) is 0 Å². The fourth-order valence-corrected chi connectivity index (χ4v) is 5.57. The maximum atomic E-state index is 12.5. The van der Waals surface area contributed by atoms with Crippen molar-refractivity contribution in [2.24, 2.45) is 9.98 Å². The standard InChI is InChI=1S/C26H28N6O4S2/c1-3-35-23(33)19-21(27)31(17-11-7-5-8-12-17)25(37-19)29-15-16-30-26-32(18-13-9-6-10-14-18)22(28)20(38-26)24(34)36-4-2/h5-14H,3-4,15-16,27-28H2,1-2H3. The Kier molecular flexibility index (Phi) is 8.77. The minimum absolute atomic E-state index is 0.242. The monoisotopic (exact) mass is 552 g/mol. The highest BCUT2D eigenvalue weighted by molar-refractivity contribution is 7.12. The summed E-state index contributed by atoms with van der Waals surface area (Å²) in [5, 5.41) is 0. The van der Waals surface area contributed by atoms with Gasteiger partial charge in [-0.1, -0.05) is 59.1 Å². The second kappa shape index (κ2) is 12.4. The van der Waals surface area contributed by atoms with E-state index in [0.717, 1.165) is 34.0 Å². The number of para-hydroxylation sites is 2. The second-order valence-corrected chi connectivity index (χ2v) is 9.70. The zero-order valence-corrected chi connectivity index (χ0v) is 22.6. The second-order valence-electron chi connectivity index (χ2n) is 7.74. The fourth-order valence-electron chi connectivity index (χ4n) is 3.62. The lowest BCUT2D eigenvalue weighted by Gasteiger charge is -2.06. The number of nitrogens with zero attached hydrogens (tertiary/aromatic N) is 4. The Morgan fingerprint density at radius 2 is 1.08 bits per heavy atom. The smallest absolute Gasteiger partial charge is 0.352 e. The van der Waals surface area contributed by atoms with Crippen molar-refractivity contribution in [1.29, 1.82) is 0 Å². The van der Waals surface area contributed by atoms with E-state index < -0.39 is 11.9 Å². The van der Waals surface area contributed by atoms with E-state index in [1.165, 1.54) is 0 Å². The summed E-state index contributed by atoms with van der Waals surface area (Å²) < 4.78 is 13.8. The van der Waals surface area contributed by atoms with Crippen LogP contribution >= 0.6 is 22.7 Å². The number of rotatable bonds is 9. The lowest BCUT2D eigenvalue weighted by atomic mass is 10.3. The van der Waals surface area contributed by atoms with E-state index in [0.29, 0.717) is 32.4 Å². The summed E-state index contributed by atoms with van der Waals surface area (Å²) >= 11 is 2.33. The topological polar surface area (TPSA) is 139 Å². The zero-order valence-electron chi connectivity index (χ0n) is 21.0. The van der Waals surface area contributed by atoms with Crippen LogP contribution in [-0.2, 0) is 9.47 Å². The summed E-state index contributed by atoms with van der Waals surface area (Å²) in [7, 11) is 0. The van der Waals surface area contributed by atoms with Crippen LogP contribution in [0.2, 0.25) is 0 Å². The first kappa shape index (κ1) is 26.9. The molecule has 0 spiro atoms. The van der Waals surface area contributed by atoms with Gasteiger partial charge in [0.05, 0.1) is 26.3 Å². The van der Waals surface area contributed by atoms with Gasteiger partial charge in [-0.2, -0.15) is 0 Å². The minimum atomic E-state index is -0.490. The van der Waals surface area contributed by atoms with Gasteiger partial charge in [-0.3, -0.25) is 19.1 Å². The van der Waals surface area contributed by atoms with Crippen LogP contribution < -0.4 is 21.1 Å². The average molecular weight is 553 g/mol. The van der Waals surface area contributed by atoms with Gasteiger partial charge in [0, 0.05) is 11.4 Å². The number of nitrogen functional groups attached to an aromatic ring is 2. The van der Waals surface area contributed by atoms with Crippen molar-refractivity contribution >= 4 is 46.2 Å². The van der Waals surface area contributed by atoms with Crippen LogP contribution in [0.4, 0.5) is 11.6 Å². The molecule has 0 bridgehead atoms. The van der Waals surface area contributed by atoms with Gasteiger partial charge in [-0.15, -0.1) is 0 Å². The summed E-state index contributed by atoms with van der Waals surface area (Å²) in [5.74, 6) is -0.449. The number of anilines is 2. The molecule has 0 radical (unpaired) electrons. The van der Waals surface area contributed by atoms with Gasteiger partial charge in [0.2, 0.25) is 0 Å². The van der Waals surface area contributed by atoms with Gasteiger partial charge in [-0.25, -0.2) is 9.59 Å². The molecular weight excluding hydrogens is 524 g/mol. The molecule has 0 amide bonds. The molecule has 4 rings (SSSR count). The Morgan fingerprint density at radius 3 is 1.42 bits per heavy atom. The van der Waals surface area contributed by atoms with E-state index in [1.54, 1.807) is 23.0 Å². The summed E-state index contributed by atoms with van der Waals surface area (Å²) in [6.07, 6.45) is 0. The number of esters is 2. The predicted octanol–water partition coefficient (Wildman–Crippen LogP) is 3.41. The van der Waals surface area contributed by atoms with Gasteiger partial charge in [0.25, 0.3) is 0 Å². The minimum Gasteiger partial charge on any atom is -0.462 e. The molecule has 4 aromatic rings. The molecule has 0 aliphatic rings. The Bertz CT molecular complexity index is 1430. The number of nitrogens with two attached hydrogens (primary N) is 2. The third-order valence-electron chi connectivity index (χ3n) is 5.26. The number of carbonyl (C=O) groups excluding carboxylic acids is 2. The van der Waals surface area contributed by atoms with Gasteiger partial charge in [-0.05, 0) is 38.1 Å². The summed E-state index contributed by atoms with van der Waals surface area (Å²) in [6.45, 7) is 4.57. The molecule has 10 nitrogen and oxygen atoms in total. The highest BCUT2D eigenvalue weighted by Crippen LogP contribution is 2.22. The van der Waals surface area contributed by atoms with Crippen molar-refractivity contribution < 1.29 is 19.1 Å². The molecule has 0 aliphatic heterocycles. The quantitative estimate of drug-likeness (QED) is 0.241. The molecule has 2 aromatic heterocycles. The molecule has 12 heteroatoms. The lowest BCUT2D eigenvalue weighted by molar-refractivity contribution is 0.0523. The molecule has 0 fully saturated rings. The van der Waals surface area contributed by atoms with Crippen LogP contribution in [0.15, 0.2) is 70.6 Å². The maximum Gasteiger partial charge on any atom is 0.352 e. The number of carbonyl (C=O) groups is 2. The largest absolute Gasteiger partial charge is 0.462 e. The number of hydrogen-bond donors (Lipinski definition) is 2. The molecule has 4 N–H and O–H groups in total. The van der Waals surface area contributed by atoms with Crippen LogP contribution in [0.1, 0.15) is 33.2 Å². The van der Waals surface area contributed by atoms with Crippen molar-refractivity contribution in [1.82, 2.24) is 9.13 Å². The molecule has 2 heterocycles. The Labute approximate surface area is 227 Å². The van der Waals surface area contributed by atoms with E-state index in [9.17, 15) is 9.59 Å². The van der Waals surface area contributed by atoms with Crippen LogP contribution in [0.3, 0.4) is 0 Å². The third-order valence-corrected chi connectivity index (χ3v) is 7.41. The predicted molar refractivity (Wildman–Crippen MR) is 149 cm³/mol. The Morgan fingerprint density at radius 1 is 0.711 bits per heavy atom. The van der Waals surface area contributed by atoms with E-state index in [1.807, 2.05) is 60.7 Å². The SMILES string of the molecule is CCOC(=O)c1sc(=NCCN=c2sc(C(=O)OCC)c(N)n2-c2ccccc2)n(-c2ccccc2)c1N. The third kappa shape index (κ3) is 5.71. The number of hydrogen-bond acceptors (Lipinski definition) is 10. The summed E-state index contributed by atoms with van der Waals surface area (Å²) in [4.78, 5) is 36.0. The normalized spacial score (nSPS) is 12.1. The molecule has 0 atom stereocenters. The molecule has 0 saturated heterocycles. The zero-order chi connectivity index (χ0) is 27.1. The van der Waals surface area contributed by atoms with Crippen LogP contribution in [-0.4, -0.2) is 47.4 Å². The van der Waals surface area contributed by atoms with Gasteiger partial charge < -0.3 is 20.9 Å². The summed E-state index contributed by atoms with van der Waals surface area (Å²) in [5.41, 5.74) is 14.3. The molecule has 198 valence electrons. The molecule has 0 aliphatic carbocycles. The van der Waals surface area contributed by atoms with Crippen molar-refractivity contribution in [3.05, 3.63) is 80.0 Å². The van der Waals surface area contributed by atoms with Crippen molar-refractivity contribution in [3.8, 4) is 11.4 Å². The molecule has 0 saturated carbocycles. The molecule has 2 aromatic carbocycles. The molecule has 38 heavy (non-hydrogen) atoms. The first-order valence-corrected chi connectivity index (χ1v) is 13.6. The first-order valence-electron chi connectivity index (χ1n) is 11.9. The Hall–Kier alpha value is -4.16. The van der Waals surface area contributed by atoms with Crippen molar-refractivity contribution in [2.75, 3.05) is 37.8 Å². The number of benzene rings is 2. The lowest BCUT2D eigenvalue weighted by Crippen LogP contribution is -2.18. The van der Waals surface area contributed by atoms with Gasteiger partial charge in [0.1, 0.15) is 11.6 Å². The number of thiazole rings is 2. The highest BCUT2D eigenvalue weighted by atomic mass is 32.1. The molecule has 0 unspecified atom stereocenters. The van der Waals surface area contributed by atoms with Crippen LogP contribution in [0.25, 0.3) is 11.4 Å². The summed E-state index contributed by atoms with van der Waals surface area (Å²) in [6, 6.07) is 18.9. The maximum absolute atomic E-state index is 12.5. The fraction of sp³-hybridized carbons (Fsp3) is 0.231. The van der Waals surface area contributed by atoms with E-state index in [2.05, 4.69) is 0 Å². The van der Waals surface area contributed by atoms with Crippen LogP contribution in [0, 0.1) is 0 Å². The van der Waals surface area contributed by atoms with Gasteiger partial charge in [0.15, 0.2) is 19.4 Å². The van der Waals surface area contributed by atoms with Crippen LogP contribution in [0.5, 0.6) is 0 Å². The highest BCUT2D eigenvalue weighted by Gasteiger charge is 2.21. The van der Waals surface area contributed by atoms with Crippen molar-refractivity contribution in [2.45, 2.75) is 13.8 Å². The molecular formula is C26H28N6O4S2. The average Bonchev–Trinajstić information content (AvgIpc) is 3.44. The van der Waals surface area contributed by atoms with E-state index >= 15 is 0 Å². The van der Waals surface area contributed by atoms with E-state index in [-0.39, 0.29) is 24.8 Å². The first-order chi connectivity index (χ1) is 18.5. The number of ether oxygens (including phenoxy) is 2. The Balaban J connectivity index is 1.71. The number of aromatic nitrogens is 2. The van der Waals surface area contributed by atoms with Gasteiger partial charge >= 0.3 is 11.9 Å². The van der Waals surface area contributed by atoms with E-state index in [4.69, 9.17) is 30.9 Å².